The first kappa shape index (κ1) is 20.6. The molecule has 1 fully saturated rings. The van der Waals surface area contributed by atoms with Crippen molar-refractivity contribution in [3.63, 3.8) is 0 Å². The standard InChI is InChI=1S/C17H23N5O4S2/c1-11(2)16(23)18-12(3)17(24)21-7-9-22(10-8-21)28(25,26)14-6-4-5-13-15(14)20-27-19-13/h4-6,11-12H,7-10H2,1-3H3,(H,18,23)/t12-/m1/s1. The SMILES string of the molecule is CC(C)C(=O)N[C@H](C)C(=O)N1CCN(S(=O)(=O)c2cccc3nsnc23)CC1. The Morgan fingerprint density at radius 2 is 1.79 bits per heavy atom. The summed E-state index contributed by atoms with van der Waals surface area (Å²) in [4.78, 5) is 26.1. The molecule has 2 heterocycles. The Bertz CT molecular complexity index is 980. The van der Waals surface area contributed by atoms with Gasteiger partial charge < -0.3 is 10.2 Å². The van der Waals surface area contributed by atoms with Crippen molar-refractivity contribution >= 4 is 44.6 Å². The molecule has 0 radical (unpaired) electrons. The lowest BCUT2D eigenvalue weighted by Gasteiger charge is -2.35. The molecule has 3 rings (SSSR count). The molecule has 1 aromatic carbocycles. The molecule has 1 N–H and O–H groups in total. The first-order valence-corrected chi connectivity index (χ1v) is 11.2. The van der Waals surface area contributed by atoms with Crippen molar-refractivity contribution in [3.8, 4) is 0 Å². The van der Waals surface area contributed by atoms with E-state index in [0.29, 0.717) is 11.0 Å². The number of fused-ring (bicyclic) bond motifs is 1. The van der Waals surface area contributed by atoms with Crippen LogP contribution in [0.5, 0.6) is 0 Å². The van der Waals surface area contributed by atoms with E-state index in [9.17, 15) is 18.0 Å². The predicted molar refractivity (Wildman–Crippen MR) is 105 cm³/mol. The molecular formula is C17H23N5O4S2. The summed E-state index contributed by atoms with van der Waals surface area (Å²) >= 11 is 0.974. The minimum Gasteiger partial charge on any atom is -0.344 e. The summed E-state index contributed by atoms with van der Waals surface area (Å²) in [5.74, 6) is -0.607. The molecule has 1 aromatic heterocycles. The van der Waals surface area contributed by atoms with Crippen LogP contribution >= 0.6 is 11.7 Å². The Balaban J connectivity index is 1.67. The van der Waals surface area contributed by atoms with Crippen molar-refractivity contribution in [2.45, 2.75) is 31.7 Å². The second-order valence-electron chi connectivity index (χ2n) is 7.00. The first-order chi connectivity index (χ1) is 13.2. The summed E-state index contributed by atoms with van der Waals surface area (Å²) in [6.45, 7) is 6.07. The molecular weight excluding hydrogens is 402 g/mol. The van der Waals surface area contributed by atoms with Crippen molar-refractivity contribution in [2.24, 2.45) is 5.92 Å². The van der Waals surface area contributed by atoms with E-state index in [1.54, 1.807) is 37.8 Å². The van der Waals surface area contributed by atoms with Crippen molar-refractivity contribution in [1.82, 2.24) is 23.3 Å². The van der Waals surface area contributed by atoms with Crippen molar-refractivity contribution in [2.75, 3.05) is 26.2 Å². The minimum atomic E-state index is -3.73. The molecule has 0 saturated carbocycles. The van der Waals surface area contributed by atoms with E-state index in [1.165, 1.54) is 10.4 Å². The van der Waals surface area contributed by atoms with Gasteiger partial charge in [-0.1, -0.05) is 19.9 Å². The van der Waals surface area contributed by atoms with Crippen molar-refractivity contribution in [1.29, 1.82) is 0 Å². The third-order valence-corrected chi connectivity index (χ3v) is 7.14. The highest BCUT2D eigenvalue weighted by atomic mass is 32.2. The molecule has 0 unspecified atom stereocenters. The van der Waals surface area contributed by atoms with Crippen LogP contribution in [0.3, 0.4) is 0 Å². The van der Waals surface area contributed by atoms with E-state index in [0.717, 1.165) is 11.7 Å². The second kappa shape index (κ2) is 8.10. The summed E-state index contributed by atoms with van der Waals surface area (Å²) in [7, 11) is -3.73. The van der Waals surface area contributed by atoms with E-state index in [4.69, 9.17) is 0 Å². The summed E-state index contributed by atoms with van der Waals surface area (Å²) < 4.78 is 35.6. The molecule has 0 aliphatic carbocycles. The molecule has 1 aliphatic heterocycles. The Morgan fingerprint density at radius 1 is 1.11 bits per heavy atom. The molecule has 152 valence electrons. The topological polar surface area (TPSA) is 113 Å². The fourth-order valence-electron chi connectivity index (χ4n) is 2.99. The largest absolute Gasteiger partial charge is 0.344 e. The van der Waals surface area contributed by atoms with Gasteiger partial charge in [0, 0.05) is 32.1 Å². The van der Waals surface area contributed by atoms with Gasteiger partial charge in [-0.3, -0.25) is 9.59 Å². The number of nitrogens with zero attached hydrogens (tertiary/aromatic N) is 4. The summed E-state index contributed by atoms with van der Waals surface area (Å²) in [6, 6.07) is 4.25. The maximum atomic E-state index is 13.0. The van der Waals surface area contributed by atoms with Gasteiger partial charge in [-0.15, -0.1) is 0 Å². The Labute approximate surface area is 168 Å². The summed E-state index contributed by atoms with van der Waals surface area (Å²) in [5, 5.41) is 2.68. The van der Waals surface area contributed by atoms with E-state index >= 15 is 0 Å². The molecule has 0 bridgehead atoms. The highest BCUT2D eigenvalue weighted by Crippen LogP contribution is 2.25. The van der Waals surface area contributed by atoms with Crippen LogP contribution in [0.4, 0.5) is 0 Å². The van der Waals surface area contributed by atoms with Crippen LogP contribution in [0.25, 0.3) is 11.0 Å². The molecule has 1 atom stereocenters. The van der Waals surface area contributed by atoms with Crippen LogP contribution in [0.1, 0.15) is 20.8 Å². The quantitative estimate of drug-likeness (QED) is 0.754. The average molecular weight is 426 g/mol. The molecule has 2 amide bonds. The Hall–Kier alpha value is -2.11. The monoisotopic (exact) mass is 425 g/mol. The van der Waals surface area contributed by atoms with Crippen molar-refractivity contribution in [3.05, 3.63) is 18.2 Å². The number of amides is 2. The van der Waals surface area contributed by atoms with Gasteiger partial charge in [-0.2, -0.15) is 13.1 Å². The van der Waals surface area contributed by atoms with E-state index < -0.39 is 16.1 Å². The number of carbonyl (C=O) groups excluding carboxylic acids is 2. The highest BCUT2D eigenvalue weighted by Gasteiger charge is 2.33. The van der Waals surface area contributed by atoms with Gasteiger partial charge in [0.25, 0.3) is 0 Å². The average Bonchev–Trinajstić information content (AvgIpc) is 3.16. The maximum Gasteiger partial charge on any atom is 0.245 e. The second-order valence-corrected chi connectivity index (χ2v) is 9.44. The fraction of sp³-hybridized carbons (Fsp3) is 0.529. The number of carbonyl (C=O) groups is 2. The zero-order valence-corrected chi connectivity index (χ0v) is 17.6. The number of nitrogens with one attached hydrogen (secondary N) is 1. The van der Waals surface area contributed by atoms with Crippen LogP contribution < -0.4 is 5.32 Å². The number of sulfonamides is 1. The maximum absolute atomic E-state index is 13.0. The van der Waals surface area contributed by atoms with Crippen LogP contribution in [0.2, 0.25) is 0 Å². The van der Waals surface area contributed by atoms with Gasteiger partial charge in [0.1, 0.15) is 22.0 Å². The van der Waals surface area contributed by atoms with Gasteiger partial charge >= 0.3 is 0 Å². The van der Waals surface area contributed by atoms with Gasteiger partial charge in [0.15, 0.2) is 0 Å². The molecule has 9 nitrogen and oxygen atoms in total. The first-order valence-electron chi connectivity index (χ1n) is 9.02. The molecule has 0 spiro atoms. The number of hydrogen-bond donors (Lipinski definition) is 1. The molecule has 2 aromatic rings. The zero-order valence-electron chi connectivity index (χ0n) is 16.0. The number of hydrogen-bond acceptors (Lipinski definition) is 7. The summed E-state index contributed by atoms with van der Waals surface area (Å²) in [5.41, 5.74) is 0.922. The third-order valence-electron chi connectivity index (χ3n) is 4.67. The molecule has 1 aliphatic rings. The molecule has 28 heavy (non-hydrogen) atoms. The van der Waals surface area contributed by atoms with Gasteiger partial charge in [0.2, 0.25) is 21.8 Å². The van der Waals surface area contributed by atoms with E-state index in [1.807, 2.05) is 0 Å². The number of rotatable bonds is 5. The predicted octanol–water partition coefficient (Wildman–Crippen LogP) is 0.685. The third kappa shape index (κ3) is 4.01. The summed E-state index contributed by atoms with van der Waals surface area (Å²) in [6.07, 6.45) is 0. The highest BCUT2D eigenvalue weighted by molar-refractivity contribution is 7.89. The van der Waals surface area contributed by atoms with Crippen LogP contribution in [0, 0.1) is 5.92 Å². The Morgan fingerprint density at radius 3 is 2.43 bits per heavy atom. The van der Waals surface area contributed by atoms with Gasteiger partial charge in [-0.05, 0) is 19.1 Å². The number of piperazine rings is 1. The number of benzene rings is 1. The molecule has 11 heteroatoms. The minimum absolute atomic E-state index is 0.135. The van der Waals surface area contributed by atoms with Crippen LogP contribution in [-0.2, 0) is 19.6 Å². The smallest absolute Gasteiger partial charge is 0.245 e. The normalized spacial score (nSPS) is 17.1. The van der Waals surface area contributed by atoms with E-state index in [2.05, 4.69) is 14.1 Å². The number of aromatic nitrogens is 2. The fourth-order valence-corrected chi connectivity index (χ4v) is 5.17. The lowest BCUT2D eigenvalue weighted by Crippen LogP contribution is -2.55. The van der Waals surface area contributed by atoms with Crippen molar-refractivity contribution < 1.29 is 18.0 Å². The zero-order chi connectivity index (χ0) is 20.5. The van der Waals surface area contributed by atoms with E-state index in [-0.39, 0.29) is 48.8 Å². The van der Waals surface area contributed by atoms with Gasteiger partial charge in [-0.25, -0.2) is 8.42 Å². The van der Waals surface area contributed by atoms with Crippen LogP contribution in [0.15, 0.2) is 23.1 Å². The van der Waals surface area contributed by atoms with Crippen LogP contribution in [-0.4, -0.2) is 70.4 Å². The lowest BCUT2D eigenvalue weighted by atomic mass is 10.2. The lowest BCUT2D eigenvalue weighted by molar-refractivity contribution is -0.137. The Kier molecular flexibility index (Phi) is 5.96. The molecule has 1 saturated heterocycles. The van der Waals surface area contributed by atoms with Gasteiger partial charge in [0.05, 0.1) is 11.7 Å².